The molecule has 0 aliphatic rings. The number of amides is 1. The molecule has 28 heavy (non-hydrogen) atoms. The minimum absolute atomic E-state index is 0.185. The van der Waals surface area contributed by atoms with Gasteiger partial charge in [-0.2, -0.15) is 0 Å². The smallest absolute Gasteiger partial charge is 0.262 e. The Morgan fingerprint density at radius 2 is 2.14 bits per heavy atom. The van der Waals surface area contributed by atoms with Crippen LogP contribution in [0.25, 0.3) is 11.0 Å². The van der Waals surface area contributed by atoms with Crippen LogP contribution in [0.3, 0.4) is 0 Å². The first-order valence-electron chi connectivity index (χ1n) is 8.89. The zero-order chi connectivity index (χ0) is 19.5. The third-order valence-corrected chi connectivity index (χ3v) is 5.63. The molecule has 1 aromatic carbocycles. The van der Waals surface area contributed by atoms with E-state index in [1.807, 2.05) is 29.8 Å². The lowest BCUT2D eigenvalue weighted by molar-refractivity contribution is 0.0941. The summed E-state index contributed by atoms with van der Waals surface area (Å²) < 4.78 is 13.5. The zero-order valence-corrected chi connectivity index (χ0v) is 15.8. The number of nitrogens with two attached hydrogens (primary N) is 1. The molecule has 4 aromatic rings. The summed E-state index contributed by atoms with van der Waals surface area (Å²) in [5.41, 5.74) is 9.33. The Morgan fingerprint density at radius 3 is 2.96 bits per heavy atom. The predicted molar refractivity (Wildman–Crippen MR) is 109 cm³/mol. The molecule has 5 nitrogen and oxygen atoms in total. The second-order valence-corrected chi connectivity index (χ2v) is 7.39. The van der Waals surface area contributed by atoms with Gasteiger partial charge < -0.3 is 16.0 Å². The first-order valence-corrected chi connectivity index (χ1v) is 9.77. The normalized spacial score (nSPS) is 12.2. The number of thiophene rings is 1. The topological polar surface area (TPSA) is 83.8 Å². The molecule has 3 heterocycles. The Morgan fingerprint density at radius 1 is 1.25 bits per heavy atom. The molecular formula is C21H19FN4OS. The van der Waals surface area contributed by atoms with Crippen LogP contribution in [0.4, 0.5) is 4.39 Å². The first-order chi connectivity index (χ1) is 13.7. The summed E-state index contributed by atoms with van der Waals surface area (Å²) in [6, 6.07) is 11.6. The third kappa shape index (κ3) is 3.67. The number of fused-ring (bicyclic) bond motifs is 1. The van der Waals surface area contributed by atoms with E-state index in [0.29, 0.717) is 16.9 Å². The molecule has 1 atom stereocenters. The number of aromatic amines is 1. The zero-order valence-electron chi connectivity index (χ0n) is 15.0. The summed E-state index contributed by atoms with van der Waals surface area (Å²) in [6.45, 7) is 0.185. The number of halogens is 1. The molecule has 0 radical (unpaired) electrons. The van der Waals surface area contributed by atoms with E-state index < -0.39 is 6.04 Å². The number of carbonyl (C=O) groups excluding carboxylic acids is 1. The number of benzene rings is 1. The molecule has 1 amide bonds. The van der Waals surface area contributed by atoms with E-state index in [1.54, 1.807) is 18.3 Å². The number of pyridine rings is 1. The van der Waals surface area contributed by atoms with Crippen LogP contribution in [-0.2, 0) is 6.42 Å². The molecule has 4 N–H and O–H groups in total. The van der Waals surface area contributed by atoms with Crippen molar-refractivity contribution in [3.05, 3.63) is 87.6 Å². The molecule has 0 saturated heterocycles. The first kappa shape index (κ1) is 18.3. The fourth-order valence-corrected chi connectivity index (χ4v) is 4.10. The molecule has 7 heteroatoms. The second-order valence-electron chi connectivity index (χ2n) is 6.48. The van der Waals surface area contributed by atoms with E-state index in [9.17, 15) is 9.18 Å². The summed E-state index contributed by atoms with van der Waals surface area (Å²) in [4.78, 5) is 20.9. The van der Waals surface area contributed by atoms with E-state index in [0.717, 1.165) is 22.2 Å². The molecular weight excluding hydrogens is 375 g/mol. The predicted octanol–water partition coefficient (Wildman–Crippen LogP) is 3.78. The van der Waals surface area contributed by atoms with Crippen LogP contribution in [0, 0.1) is 5.82 Å². The highest BCUT2D eigenvalue weighted by Crippen LogP contribution is 2.25. The minimum atomic E-state index is -0.449. The minimum Gasteiger partial charge on any atom is -0.346 e. The van der Waals surface area contributed by atoms with Crippen molar-refractivity contribution in [3.63, 3.8) is 0 Å². The van der Waals surface area contributed by atoms with E-state index in [1.165, 1.54) is 23.5 Å². The van der Waals surface area contributed by atoms with Gasteiger partial charge in [-0.1, -0.05) is 12.1 Å². The van der Waals surface area contributed by atoms with Crippen LogP contribution in [-0.4, -0.2) is 22.4 Å². The maximum Gasteiger partial charge on any atom is 0.262 e. The fraction of sp³-hybridized carbons (Fsp3) is 0.143. The van der Waals surface area contributed by atoms with Crippen molar-refractivity contribution in [2.24, 2.45) is 5.73 Å². The summed E-state index contributed by atoms with van der Waals surface area (Å²) >= 11 is 1.38. The SMILES string of the molecule is NCC(NC(=O)c1sccc1Cc1ccnc2[nH]ccc12)c1cccc(F)c1. The average molecular weight is 394 g/mol. The monoisotopic (exact) mass is 394 g/mol. The van der Waals surface area contributed by atoms with E-state index in [2.05, 4.69) is 15.3 Å². The maximum atomic E-state index is 13.5. The quantitative estimate of drug-likeness (QED) is 0.465. The van der Waals surface area contributed by atoms with Crippen molar-refractivity contribution in [2.75, 3.05) is 6.54 Å². The Balaban J connectivity index is 1.56. The molecule has 0 aliphatic heterocycles. The van der Waals surface area contributed by atoms with Gasteiger partial charge in [0.15, 0.2) is 0 Å². The van der Waals surface area contributed by atoms with Crippen LogP contribution in [0.2, 0.25) is 0 Å². The van der Waals surface area contributed by atoms with Gasteiger partial charge in [0.1, 0.15) is 11.5 Å². The van der Waals surface area contributed by atoms with Crippen molar-refractivity contribution >= 4 is 28.3 Å². The Hall–Kier alpha value is -3.03. The summed E-state index contributed by atoms with van der Waals surface area (Å²) in [6.07, 6.45) is 4.23. The van der Waals surface area contributed by atoms with Crippen LogP contribution in [0.5, 0.6) is 0 Å². The number of hydrogen-bond acceptors (Lipinski definition) is 4. The van der Waals surface area contributed by atoms with Gasteiger partial charge in [-0.25, -0.2) is 9.37 Å². The van der Waals surface area contributed by atoms with Gasteiger partial charge in [0, 0.05) is 24.3 Å². The van der Waals surface area contributed by atoms with Crippen molar-refractivity contribution in [1.82, 2.24) is 15.3 Å². The molecule has 0 bridgehead atoms. The third-order valence-electron chi connectivity index (χ3n) is 4.68. The van der Waals surface area contributed by atoms with Crippen molar-refractivity contribution < 1.29 is 9.18 Å². The highest BCUT2D eigenvalue weighted by atomic mass is 32.1. The van der Waals surface area contributed by atoms with E-state index >= 15 is 0 Å². The highest BCUT2D eigenvalue weighted by molar-refractivity contribution is 7.12. The molecule has 0 fully saturated rings. The van der Waals surface area contributed by atoms with Crippen LogP contribution >= 0.6 is 11.3 Å². The number of hydrogen-bond donors (Lipinski definition) is 3. The summed E-state index contributed by atoms with van der Waals surface area (Å²) in [5.74, 6) is -0.556. The molecule has 0 saturated carbocycles. The van der Waals surface area contributed by atoms with Crippen LogP contribution in [0.15, 0.2) is 60.2 Å². The van der Waals surface area contributed by atoms with Gasteiger partial charge in [0.05, 0.1) is 10.9 Å². The van der Waals surface area contributed by atoms with Crippen molar-refractivity contribution in [1.29, 1.82) is 0 Å². The summed E-state index contributed by atoms with van der Waals surface area (Å²) in [7, 11) is 0. The Labute approximate surface area is 165 Å². The number of nitrogens with one attached hydrogen (secondary N) is 2. The fourth-order valence-electron chi connectivity index (χ4n) is 3.28. The van der Waals surface area contributed by atoms with E-state index in [-0.39, 0.29) is 18.3 Å². The van der Waals surface area contributed by atoms with Crippen LogP contribution in [0.1, 0.15) is 32.4 Å². The lowest BCUT2D eigenvalue weighted by Crippen LogP contribution is -2.33. The van der Waals surface area contributed by atoms with Gasteiger partial charge >= 0.3 is 0 Å². The van der Waals surface area contributed by atoms with Gasteiger partial charge in [-0.3, -0.25) is 4.79 Å². The molecule has 0 spiro atoms. The molecule has 142 valence electrons. The van der Waals surface area contributed by atoms with Crippen LogP contribution < -0.4 is 11.1 Å². The summed E-state index contributed by atoms with van der Waals surface area (Å²) in [5, 5.41) is 5.88. The Kier molecular flexibility index (Phi) is 5.18. The average Bonchev–Trinajstić information content (AvgIpc) is 3.35. The highest BCUT2D eigenvalue weighted by Gasteiger charge is 2.19. The Bertz CT molecular complexity index is 1120. The maximum absolute atomic E-state index is 13.5. The largest absolute Gasteiger partial charge is 0.346 e. The lowest BCUT2D eigenvalue weighted by atomic mass is 10.0. The van der Waals surface area contributed by atoms with Gasteiger partial charge in [-0.15, -0.1) is 11.3 Å². The molecule has 0 aliphatic carbocycles. The molecule has 4 rings (SSSR count). The molecule has 3 aromatic heterocycles. The molecule has 1 unspecified atom stereocenters. The van der Waals surface area contributed by atoms with Gasteiger partial charge in [-0.05, 0) is 58.8 Å². The van der Waals surface area contributed by atoms with Crippen molar-refractivity contribution in [3.8, 4) is 0 Å². The van der Waals surface area contributed by atoms with Crippen molar-refractivity contribution in [2.45, 2.75) is 12.5 Å². The number of H-pyrrole nitrogens is 1. The van der Waals surface area contributed by atoms with Gasteiger partial charge in [0.2, 0.25) is 0 Å². The second kappa shape index (κ2) is 7.92. The lowest BCUT2D eigenvalue weighted by Gasteiger charge is -2.17. The number of nitrogens with zero attached hydrogens (tertiary/aromatic N) is 1. The van der Waals surface area contributed by atoms with Gasteiger partial charge in [0.25, 0.3) is 5.91 Å². The number of aromatic nitrogens is 2. The standard InChI is InChI=1S/C21H19FN4OS/c22-16-3-1-2-14(11-16)18(12-23)26-21(27)19-15(6-9-28-19)10-13-4-7-24-20-17(13)5-8-25-20/h1-9,11,18H,10,12,23H2,(H,24,25)(H,26,27). The number of rotatable bonds is 6. The van der Waals surface area contributed by atoms with E-state index in [4.69, 9.17) is 5.73 Å². The number of carbonyl (C=O) groups is 1.